The van der Waals surface area contributed by atoms with Crippen molar-refractivity contribution in [3.63, 3.8) is 0 Å². The number of aliphatic hydroxyl groups excluding tert-OH is 1. The van der Waals surface area contributed by atoms with Gasteiger partial charge in [-0.25, -0.2) is 9.48 Å². The molecule has 2 amide bonds. The number of fused-ring (bicyclic) bond motifs is 1. The van der Waals surface area contributed by atoms with Crippen molar-refractivity contribution in [1.82, 2.24) is 29.7 Å². The number of urea groups is 1. The predicted molar refractivity (Wildman–Crippen MR) is 194 cm³/mol. The van der Waals surface area contributed by atoms with Crippen LogP contribution in [0.5, 0.6) is 11.5 Å². The van der Waals surface area contributed by atoms with E-state index in [0.717, 1.165) is 21.0 Å². The minimum atomic E-state index is -0.395. The summed E-state index contributed by atoms with van der Waals surface area (Å²) >= 11 is 3.19. The van der Waals surface area contributed by atoms with E-state index in [0.29, 0.717) is 34.3 Å². The number of aromatic nitrogens is 5. The van der Waals surface area contributed by atoms with Crippen LogP contribution in [-0.2, 0) is 11.3 Å². The first-order chi connectivity index (χ1) is 24.2. The van der Waals surface area contributed by atoms with Crippen molar-refractivity contribution in [3.05, 3.63) is 108 Å². The van der Waals surface area contributed by atoms with Crippen LogP contribution in [0.2, 0.25) is 0 Å². The van der Waals surface area contributed by atoms with E-state index in [4.69, 9.17) is 9.84 Å². The number of hydrogen-bond acceptors (Lipinski definition) is 10. The number of amides is 2. The Morgan fingerprint density at radius 1 is 1.04 bits per heavy atom. The fourth-order valence-corrected chi connectivity index (χ4v) is 6.31. The van der Waals surface area contributed by atoms with Crippen LogP contribution in [0.25, 0.3) is 22.7 Å². The normalized spacial score (nSPS) is 11.3. The number of anilines is 1. The molecule has 0 bridgehead atoms. The van der Waals surface area contributed by atoms with Crippen molar-refractivity contribution in [2.24, 2.45) is 0 Å². The number of pyridine rings is 1. The summed E-state index contributed by atoms with van der Waals surface area (Å²) in [6, 6.07) is 27.2. The van der Waals surface area contributed by atoms with E-state index < -0.39 is 6.03 Å². The summed E-state index contributed by atoms with van der Waals surface area (Å²) in [4.78, 5) is 15.2. The summed E-state index contributed by atoms with van der Waals surface area (Å²) in [6.07, 6.45) is 3.94. The second-order valence-electron chi connectivity index (χ2n) is 11.6. The van der Waals surface area contributed by atoms with E-state index in [1.165, 1.54) is 17.8 Å². The van der Waals surface area contributed by atoms with Crippen molar-refractivity contribution in [1.29, 1.82) is 5.26 Å². The molecule has 0 radical (unpaired) electrons. The van der Waals surface area contributed by atoms with Crippen LogP contribution in [0.4, 0.5) is 10.6 Å². The van der Waals surface area contributed by atoms with Gasteiger partial charge in [-0.3, -0.25) is 9.72 Å². The summed E-state index contributed by atoms with van der Waals surface area (Å²) in [5, 5.41) is 47.9. The molecular formula is C36H34N8O4S2. The van der Waals surface area contributed by atoms with Gasteiger partial charge >= 0.3 is 6.03 Å². The molecule has 0 spiro atoms. The van der Waals surface area contributed by atoms with Gasteiger partial charge in [-0.1, -0.05) is 36.0 Å². The first kappa shape index (κ1) is 34.4. The summed E-state index contributed by atoms with van der Waals surface area (Å²) in [6.45, 7) is 4.48. The number of ether oxygens (including phenoxy) is 1. The van der Waals surface area contributed by atoms with Gasteiger partial charge in [0.1, 0.15) is 30.0 Å². The average Bonchev–Trinajstić information content (AvgIpc) is 3.75. The molecule has 12 nitrogen and oxygen atoms in total. The van der Waals surface area contributed by atoms with Gasteiger partial charge in [0.05, 0.1) is 28.3 Å². The molecule has 3 aromatic carbocycles. The molecule has 0 fully saturated rings. The zero-order valence-corrected chi connectivity index (χ0v) is 29.1. The molecular weight excluding hydrogens is 673 g/mol. The molecule has 6 rings (SSSR count). The minimum Gasteiger partial charge on any atom is -0.507 e. The van der Waals surface area contributed by atoms with Gasteiger partial charge < -0.3 is 20.3 Å². The lowest BCUT2D eigenvalue weighted by Crippen LogP contribution is -2.29. The van der Waals surface area contributed by atoms with E-state index in [9.17, 15) is 20.3 Å². The number of nitriles is 1. The number of nitrogens with one attached hydrogen (secondary N) is 2. The number of rotatable bonds is 12. The molecule has 0 saturated carbocycles. The quantitative estimate of drug-likeness (QED) is 0.109. The van der Waals surface area contributed by atoms with Crippen LogP contribution in [0, 0.1) is 11.3 Å². The van der Waals surface area contributed by atoms with Gasteiger partial charge in [0, 0.05) is 40.2 Å². The van der Waals surface area contributed by atoms with Gasteiger partial charge in [-0.15, -0.1) is 10.2 Å². The molecule has 3 aromatic heterocycles. The lowest BCUT2D eigenvalue weighted by atomic mass is 10.1. The number of aliphatic hydroxyl groups is 1. The molecule has 0 saturated heterocycles. The molecule has 0 atom stereocenters. The summed E-state index contributed by atoms with van der Waals surface area (Å²) in [7, 11) is 0. The van der Waals surface area contributed by atoms with Crippen molar-refractivity contribution < 1.29 is 19.7 Å². The number of phenolic OH excluding ortho intramolecular Hbond substituents is 1. The van der Waals surface area contributed by atoms with Crippen LogP contribution in [0.15, 0.2) is 101 Å². The Balaban J connectivity index is 1.20. The Morgan fingerprint density at radius 3 is 2.68 bits per heavy atom. The maximum Gasteiger partial charge on any atom is 0.320 e. The highest BCUT2D eigenvalue weighted by Crippen LogP contribution is 2.36. The zero-order chi connectivity index (χ0) is 35.3. The largest absolute Gasteiger partial charge is 0.507 e. The second-order valence-corrected chi connectivity index (χ2v) is 14.1. The Bertz CT molecular complexity index is 2210. The van der Waals surface area contributed by atoms with Crippen molar-refractivity contribution in [2.45, 2.75) is 34.9 Å². The van der Waals surface area contributed by atoms with Gasteiger partial charge in [0.15, 0.2) is 11.5 Å². The van der Waals surface area contributed by atoms with Gasteiger partial charge in [-0.05, 0) is 74.2 Å². The monoisotopic (exact) mass is 706 g/mol. The fourth-order valence-electron chi connectivity index (χ4n) is 5.04. The zero-order valence-electron chi connectivity index (χ0n) is 27.5. The Hall–Kier alpha value is -5.49. The number of thioether (sulfide) groups is 1. The van der Waals surface area contributed by atoms with Crippen LogP contribution in [0.3, 0.4) is 0 Å². The van der Waals surface area contributed by atoms with E-state index in [1.807, 2.05) is 83.6 Å². The summed E-state index contributed by atoms with van der Waals surface area (Å²) in [5.74, 6) is 1.52. The maximum atomic E-state index is 13.4. The number of hydrogen-bond donors (Lipinski definition) is 4. The molecule has 0 aliphatic carbocycles. The number of carbonyl (C=O) groups is 1. The third kappa shape index (κ3) is 7.55. The molecule has 3 heterocycles. The molecule has 0 aliphatic heterocycles. The van der Waals surface area contributed by atoms with Gasteiger partial charge in [0.25, 0.3) is 0 Å². The summed E-state index contributed by atoms with van der Waals surface area (Å²) in [5.41, 5.74) is 3.85. The van der Waals surface area contributed by atoms with E-state index in [1.54, 1.807) is 34.6 Å². The van der Waals surface area contributed by atoms with Crippen LogP contribution in [-0.4, -0.2) is 60.1 Å². The SMILES string of the molecule is CSC(C)(C)c1cc(NC(=O)NCc2ccccc2Sc2ccc3nnc(-c4ccc(O)c(C#N)c4)n3c2)n(-c2cccc(OCCO)c2)n1. The molecule has 254 valence electrons. The molecule has 14 heteroatoms. The van der Waals surface area contributed by atoms with E-state index in [-0.39, 0.29) is 35.8 Å². The highest BCUT2D eigenvalue weighted by molar-refractivity contribution is 7.99. The lowest BCUT2D eigenvalue weighted by Gasteiger charge is -2.18. The predicted octanol–water partition coefficient (Wildman–Crippen LogP) is 6.60. The Morgan fingerprint density at radius 2 is 1.88 bits per heavy atom. The van der Waals surface area contributed by atoms with Crippen molar-refractivity contribution in [2.75, 3.05) is 24.8 Å². The fraction of sp³-hybridized carbons (Fsp3) is 0.194. The Labute approximate surface area is 297 Å². The van der Waals surface area contributed by atoms with Crippen LogP contribution < -0.4 is 15.4 Å². The van der Waals surface area contributed by atoms with Gasteiger partial charge in [0.2, 0.25) is 0 Å². The maximum absolute atomic E-state index is 13.4. The third-order valence-electron chi connectivity index (χ3n) is 7.89. The van der Waals surface area contributed by atoms with Crippen LogP contribution in [0.1, 0.15) is 30.7 Å². The van der Waals surface area contributed by atoms with Crippen LogP contribution >= 0.6 is 23.5 Å². The molecule has 6 aromatic rings. The standard InChI is InChI=1S/C36H34N8O4S2/c1-36(2,49-3)31-19-33(44(42-31)26-8-6-9-27(18-26)48-16-15-45)39-35(47)38-21-24-7-4-5-10-30(24)50-28-12-14-32-40-41-34(43(32)22-28)23-11-13-29(46)25(17-23)20-37/h4-14,17-19,22,45-46H,15-16,21H2,1-3H3,(H2,38,39,47). The minimum absolute atomic E-state index is 0.0923. The van der Waals surface area contributed by atoms with Crippen molar-refractivity contribution >= 4 is 41.0 Å². The van der Waals surface area contributed by atoms with E-state index in [2.05, 4.69) is 34.7 Å². The first-order valence-corrected chi connectivity index (χ1v) is 17.6. The first-order valence-electron chi connectivity index (χ1n) is 15.6. The number of phenols is 1. The molecule has 50 heavy (non-hydrogen) atoms. The third-order valence-corrected chi connectivity index (χ3v) is 10.2. The molecule has 0 unspecified atom stereocenters. The Kier molecular flexibility index (Phi) is 10.3. The summed E-state index contributed by atoms with van der Waals surface area (Å²) < 4.78 is 8.82. The second kappa shape index (κ2) is 15.0. The number of nitrogens with zero attached hydrogens (tertiary/aromatic N) is 6. The average molecular weight is 707 g/mol. The van der Waals surface area contributed by atoms with Gasteiger partial charge in [-0.2, -0.15) is 22.1 Å². The number of aromatic hydroxyl groups is 1. The van der Waals surface area contributed by atoms with E-state index >= 15 is 0 Å². The van der Waals surface area contributed by atoms with Crippen molar-refractivity contribution in [3.8, 4) is 34.6 Å². The lowest BCUT2D eigenvalue weighted by molar-refractivity contribution is 0.201. The highest BCUT2D eigenvalue weighted by Gasteiger charge is 2.25. The smallest absolute Gasteiger partial charge is 0.320 e. The molecule has 0 aliphatic rings. The highest BCUT2D eigenvalue weighted by atomic mass is 32.2. The topological polar surface area (TPSA) is 163 Å². The number of benzene rings is 3. The molecule has 4 N–H and O–H groups in total. The number of carbonyl (C=O) groups excluding carboxylic acids is 1.